The van der Waals surface area contributed by atoms with Gasteiger partial charge in [0.1, 0.15) is 0 Å². The number of aromatic nitrogens is 2. The van der Waals surface area contributed by atoms with Gasteiger partial charge in [-0.1, -0.05) is 59.6 Å². The first-order valence-corrected chi connectivity index (χ1v) is 11.4. The highest BCUT2D eigenvalue weighted by atomic mass is 35.5. The molecule has 0 bridgehead atoms. The van der Waals surface area contributed by atoms with E-state index in [1.165, 1.54) is 5.56 Å². The molecule has 1 saturated heterocycles. The summed E-state index contributed by atoms with van der Waals surface area (Å²) in [6.07, 6.45) is 4.08. The van der Waals surface area contributed by atoms with E-state index in [0.717, 1.165) is 56.8 Å². The first-order valence-electron chi connectivity index (χ1n) is 10.7. The fourth-order valence-corrected chi connectivity index (χ4v) is 4.18. The van der Waals surface area contributed by atoms with Crippen LogP contribution < -0.4 is 10.6 Å². The highest BCUT2D eigenvalue weighted by Crippen LogP contribution is 2.24. The number of rotatable bonds is 8. The highest BCUT2D eigenvalue weighted by Gasteiger charge is 2.18. The van der Waals surface area contributed by atoms with Crippen molar-refractivity contribution in [3.8, 4) is 11.3 Å². The van der Waals surface area contributed by atoms with E-state index >= 15 is 0 Å². The van der Waals surface area contributed by atoms with Crippen LogP contribution in [0.15, 0.2) is 60.8 Å². The van der Waals surface area contributed by atoms with Crippen molar-refractivity contribution in [1.29, 1.82) is 0 Å². The Balaban J connectivity index is 1.17. The number of anilines is 1. The minimum atomic E-state index is 0.545. The van der Waals surface area contributed by atoms with Gasteiger partial charge in [0.2, 0.25) is 5.95 Å². The van der Waals surface area contributed by atoms with Crippen LogP contribution >= 0.6 is 23.2 Å². The number of hydrogen-bond acceptors (Lipinski definition) is 5. The zero-order chi connectivity index (χ0) is 21.5. The molecule has 3 aromatic rings. The Morgan fingerprint density at radius 1 is 0.935 bits per heavy atom. The molecule has 1 fully saturated rings. The summed E-state index contributed by atoms with van der Waals surface area (Å²) in [5, 5.41) is 8.22. The van der Waals surface area contributed by atoms with E-state index in [1.807, 2.05) is 36.4 Å². The van der Waals surface area contributed by atoms with Crippen LogP contribution in [0, 0.1) is 0 Å². The van der Waals surface area contributed by atoms with E-state index in [0.29, 0.717) is 22.0 Å². The monoisotopic (exact) mass is 455 g/mol. The van der Waals surface area contributed by atoms with Gasteiger partial charge < -0.3 is 10.6 Å². The van der Waals surface area contributed by atoms with Crippen LogP contribution in [0.4, 0.5) is 5.95 Å². The third-order valence-electron chi connectivity index (χ3n) is 5.54. The van der Waals surface area contributed by atoms with Gasteiger partial charge in [-0.05, 0) is 49.7 Å². The van der Waals surface area contributed by atoms with Gasteiger partial charge in [0.05, 0.1) is 15.7 Å². The topological polar surface area (TPSA) is 53.1 Å². The lowest BCUT2D eigenvalue weighted by Gasteiger charge is -2.32. The molecule has 2 N–H and O–H groups in total. The maximum Gasteiger partial charge on any atom is 0.223 e. The van der Waals surface area contributed by atoms with Gasteiger partial charge in [0.25, 0.3) is 0 Å². The Bertz CT molecular complexity index is 975. The predicted octanol–water partition coefficient (Wildman–Crippen LogP) is 5.12. The Kier molecular flexibility index (Phi) is 7.76. The van der Waals surface area contributed by atoms with Crippen LogP contribution in [0.1, 0.15) is 18.4 Å². The normalized spacial score (nSPS) is 15.2. The molecule has 1 aliphatic rings. The van der Waals surface area contributed by atoms with Crippen molar-refractivity contribution in [2.24, 2.45) is 0 Å². The van der Waals surface area contributed by atoms with E-state index in [4.69, 9.17) is 23.2 Å². The summed E-state index contributed by atoms with van der Waals surface area (Å²) in [7, 11) is 0. The average Bonchev–Trinajstić information content (AvgIpc) is 2.81. The summed E-state index contributed by atoms with van der Waals surface area (Å²) in [4.78, 5) is 11.4. The number of benzene rings is 2. The summed E-state index contributed by atoms with van der Waals surface area (Å²) in [5.74, 6) is 0.666. The molecule has 0 unspecified atom stereocenters. The summed E-state index contributed by atoms with van der Waals surface area (Å²) >= 11 is 12.1. The molecule has 0 amide bonds. The Morgan fingerprint density at radius 2 is 1.74 bits per heavy atom. The first-order chi connectivity index (χ1) is 15.2. The summed E-state index contributed by atoms with van der Waals surface area (Å²) in [6, 6.07) is 18.5. The third kappa shape index (κ3) is 6.40. The van der Waals surface area contributed by atoms with Crippen LogP contribution in [-0.4, -0.2) is 47.1 Å². The van der Waals surface area contributed by atoms with Gasteiger partial charge >= 0.3 is 0 Å². The smallest absolute Gasteiger partial charge is 0.223 e. The molecule has 0 atom stereocenters. The first kappa shape index (κ1) is 22.0. The van der Waals surface area contributed by atoms with Crippen molar-refractivity contribution in [2.45, 2.75) is 25.4 Å². The SMILES string of the molecule is Clc1ccc(CN2CCC(NCCNc3nccc(-c4ccccc4)n3)CC2)cc1Cl. The molecule has 31 heavy (non-hydrogen) atoms. The van der Waals surface area contributed by atoms with E-state index in [-0.39, 0.29) is 0 Å². The standard InChI is InChI=1S/C24H27Cl2N5/c25-21-7-6-18(16-22(21)26)17-31-14-9-20(10-15-31)27-12-13-29-24-28-11-8-23(30-24)19-4-2-1-3-5-19/h1-8,11,16,20,27H,9-10,12-15,17H2,(H,28,29,30). The summed E-state index contributed by atoms with van der Waals surface area (Å²) in [6.45, 7) is 4.75. The van der Waals surface area contributed by atoms with Crippen LogP contribution in [0.3, 0.4) is 0 Å². The second-order valence-electron chi connectivity index (χ2n) is 7.81. The van der Waals surface area contributed by atoms with Crippen molar-refractivity contribution < 1.29 is 0 Å². The third-order valence-corrected chi connectivity index (χ3v) is 6.28. The van der Waals surface area contributed by atoms with Crippen molar-refractivity contribution in [3.63, 3.8) is 0 Å². The molecule has 0 spiro atoms. The van der Waals surface area contributed by atoms with Crippen LogP contribution in [0.2, 0.25) is 10.0 Å². The van der Waals surface area contributed by atoms with Crippen molar-refractivity contribution in [2.75, 3.05) is 31.5 Å². The molecule has 0 radical (unpaired) electrons. The van der Waals surface area contributed by atoms with E-state index in [9.17, 15) is 0 Å². The van der Waals surface area contributed by atoms with E-state index in [1.54, 1.807) is 6.20 Å². The second kappa shape index (κ2) is 10.9. The fraction of sp³-hybridized carbons (Fsp3) is 0.333. The quantitative estimate of drug-likeness (QED) is 0.461. The number of nitrogens with zero attached hydrogens (tertiary/aromatic N) is 3. The fourth-order valence-electron chi connectivity index (χ4n) is 3.86. The lowest BCUT2D eigenvalue weighted by Crippen LogP contribution is -2.43. The van der Waals surface area contributed by atoms with Gasteiger partial charge in [-0.2, -0.15) is 0 Å². The van der Waals surface area contributed by atoms with Gasteiger partial charge in [-0.25, -0.2) is 9.97 Å². The van der Waals surface area contributed by atoms with Crippen molar-refractivity contribution in [1.82, 2.24) is 20.2 Å². The molecule has 4 rings (SSSR count). The minimum Gasteiger partial charge on any atom is -0.353 e. The number of hydrogen-bond donors (Lipinski definition) is 2. The van der Waals surface area contributed by atoms with Crippen molar-refractivity contribution in [3.05, 3.63) is 76.4 Å². The second-order valence-corrected chi connectivity index (χ2v) is 8.63. The molecular weight excluding hydrogens is 429 g/mol. The number of piperidine rings is 1. The van der Waals surface area contributed by atoms with Crippen LogP contribution in [0.5, 0.6) is 0 Å². The van der Waals surface area contributed by atoms with Crippen LogP contribution in [-0.2, 0) is 6.54 Å². The Labute approximate surface area is 193 Å². The van der Waals surface area contributed by atoms with Gasteiger partial charge in [-0.3, -0.25) is 4.90 Å². The molecule has 7 heteroatoms. The Morgan fingerprint density at radius 3 is 2.52 bits per heavy atom. The van der Waals surface area contributed by atoms with Crippen molar-refractivity contribution >= 4 is 29.2 Å². The zero-order valence-electron chi connectivity index (χ0n) is 17.4. The van der Waals surface area contributed by atoms with Gasteiger partial charge in [0, 0.05) is 37.4 Å². The predicted molar refractivity (Wildman–Crippen MR) is 129 cm³/mol. The number of halogens is 2. The lowest BCUT2D eigenvalue weighted by molar-refractivity contribution is 0.191. The largest absolute Gasteiger partial charge is 0.353 e. The number of nitrogens with one attached hydrogen (secondary N) is 2. The molecular formula is C24H27Cl2N5. The molecule has 162 valence electrons. The zero-order valence-corrected chi connectivity index (χ0v) is 18.9. The molecule has 1 aliphatic heterocycles. The van der Waals surface area contributed by atoms with Gasteiger partial charge in [-0.15, -0.1) is 0 Å². The van der Waals surface area contributed by atoms with Gasteiger partial charge in [0.15, 0.2) is 0 Å². The highest BCUT2D eigenvalue weighted by molar-refractivity contribution is 6.42. The maximum atomic E-state index is 6.13. The average molecular weight is 456 g/mol. The molecule has 5 nitrogen and oxygen atoms in total. The van der Waals surface area contributed by atoms with E-state index < -0.39 is 0 Å². The van der Waals surface area contributed by atoms with E-state index in [2.05, 4.69) is 43.7 Å². The molecule has 1 aromatic heterocycles. The number of likely N-dealkylation sites (tertiary alicyclic amines) is 1. The maximum absolute atomic E-state index is 6.13. The minimum absolute atomic E-state index is 0.545. The lowest BCUT2D eigenvalue weighted by atomic mass is 10.0. The molecule has 0 saturated carbocycles. The molecule has 2 aromatic carbocycles. The summed E-state index contributed by atoms with van der Waals surface area (Å²) in [5.41, 5.74) is 3.24. The summed E-state index contributed by atoms with van der Waals surface area (Å²) < 4.78 is 0. The molecule has 2 heterocycles. The Hall–Kier alpha value is -2.18. The van der Waals surface area contributed by atoms with Crippen LogP contribution in [0.25, 0.3) is 11.3 Å². The molecule has 0 aliphatic carbocycles.